The molecule has 1 aliphatic carbocycles. The van der Waals surface area contributed by atoms with Crippen LogP contribution in [0, 0.1) is 0 Å². The third-order valence-corrected chi connectivity index (χ3v) is 5.04. The molecule has 0 saturated carbocycles. The Morgan fingerprint density at radius 1 is 0.926 bits per heavy atom. The molecule has 0 saturated heterocycles. The second-order valence-electron chi connectivity index (χ2n) is 6.63. The Morgan fingerprint density at radius 2 is 1.70 bits per heavy atom. The minimum Gasteiger partial charge on any atom is -0.372 e. The summed E-state index contributed by atoms with van der Waals surface area (Å²) >= 11 is 0. The lowest BCUT2D eigenvalue weighted by Crippen LogP contribution is -2.17. The number of ketones is 1. The average molecular weight is 354 g/mol. The lowest BCUT2D eigenvalue weighted by molar-refractivity contribution is 0.104. The molecule has 3 N–H and O–H groups in total. The Labute approximate surface area is 156 Å². The molecule has 3 aromatic carbocycles. The maximum Gasteiger partial charge on any atom is 0.196 e. The minimum absolute atomic E-state index is 0.0129. The van der Waals surface area contributed by atoms with Crippen molar-refractivity contribution in [1.82, 2.24) is 9.78 Å². The number of rotatable bonds is 4. The van der Waals surface area contributed by atoms with Crippen molar-refractivity contribution in [2.45, 2.75) is 6.54 Å². The summed E-state index contributed by atoms with van der Waals surface area (Å²) in [6.45, 7) is 0.925. The van der Waals surface area contributed by atoms with Gasteiger partial charge in [-0.05, 0) is 17.7 Å². The van der Waals surface area contributed by atoms with Crippen LogP contribution in [0.15, 0.2) is 66.7 Å². The maximum absolute atomic E-state index is 13.2. The van der Waals surface area contributed by atoms with E-state index in [0.717, 1.165) is 27.8 Å². The number of fused-ring (bicyclic) bond motifs is 2. The number of anilines is 1. The Morgan fingerprint density at radius 3 is 2.52 bits per heavy atom. The number of hydrogen-bond donors (Lipinski definition) is 2. The number of carbonyl (C=O) groups is 1. The van der Waals surface area contributed by atoms with Gasteiger partial charge in [0.05, 0.1) is 24.3 Å². The van der Waals surface area contributed by atoms with Crippen molar-refractivity contribution in [2.75, 3.05) is 12.0 Å². The van der Waals surface area contributed by atoms with Crippen molar-refractivity contribution in [3.8, 4) is 11.3 Å². The van der Waals surface area contributed by atoms with Crippen molar-refractivity contribution < 1.29 is 4.79 Å². The molecule has 0 aliphatic heterocycles. The number of benzene rings is 3. The number of hydrogen-bond acceptors (Lipinski definition) is 4. The third kappa shape index (κ3) is 2.36. The van der Waals surface area contributed by atoms with E-state index in [1.807, 2.05) is 59.3 Å². The zero-order valence-electron chi connectivity index (χ0n) is 14.6. The molecular formula is C22H18N4O. The van der Waals surface area contributed by atoms with Crippen LogP contribution in [0.4, 0.5) is 5.69 Å². The first-order valence-electron chi connectivity index (χ1n) is 8.93. The molecular weight excluding hydrogens is 336 g/mol. The van der Waals surface area contributed by atoms with E-state index in [4.69, 9.17) is 10.8 Å². The number of nitrogens with two attached hydrogens (primary N) is 1. The second kappa shape index (κ2) is 6.07. The molecule has 4 aromatic rings. The number of nitrogens with zero attached hydrogens (tertiary/aromatic N) is 2. The van der Waals surface area contributed by atoms with Crippen molar-refractivity contribution >= 4 is 22.4 Å². The molecule has 0 radical (unpaired) electrons. The smallest absolute Gasteiger partial charge is 0.196 e. The molecule has 0 atom stereocenters. The molecule has 0 fully saturated rings. The summed E-state index contributed by atoms with van der Waals surface area (Å²) in [5, 5.41) is 8.92. The standard InChI is InChI=1S/C22H18N4O/c23-13-24-17-10-4-8-15-19(17)22(27)16-9-5-11-18-20(16)21(15)25-26(18)12-14-6-2-1-3-7-14/h1-11,24H,12-13,23H2. The van der Waals surface area contributed by atoms with Crippen molar-refractivity contribution in [2.24, 2.45) is 5.73 Å². The molecule has 5 rings (SSSR count). The van der Waals surface area contributed by atoms with Crippen LogP contribution >= 0.6 is 0 Å². The van der Waals surface area contributed by atoms with Gasteiger partial charge in [0.25, 0.3) is 0 Å². The highest BCUT2D eigenvalue weighted by Crippen LogP contribution is 2.41. The summed E-state index contributed by atoms with van der Waals surface area (Å²) < 4.78 is 1.98. The first-order valence-corrected chi connectivity index (χ1v) is 8.93. The summed E-state index contributed by atoms with van der Waals surface area (Å²) in [5.74, 6) is 0.0129. The fraction of sp³-hybridized carbons (Fsp3) is 0.0909. The summed E-state index contributed by atoms with van der Waals surface area (Å²) in [5.41, 5.74) is 11.6. The Hall–Kier alpha value is -3.44. The SMILES string of the molecule is NCNc1cccc2c1C(=O)c1cccc3c1c-2nn3Cc1ccccc1. The lowest BCUT2D eigenvalue weighted by Gasteiger charge is -2.18. The largest absolute Gasteiger partial charge is 0.372 e. The zero-order chi connectivity index (χ0) is 18.4. The monoisotopic (exact) mass is 354 g/mol. The molecule has 132 valence electrons. The third-order valence-electron chi connectivity index (χ3n) is 5.04. The Bertz CT molecular complexity index is 1180. The van der Waals surface area contributed by atoms with E-state index < -0.39 is 0 Å². The summed E-state index contributed by atoms with van der Waals surface area (Å²) in [4.78, 5) is 13.2. The zero-order valence-corrected chi connectivity index (χ0v) is 14.6. The van der Waals surface area contributed by atoms with E-state index in [-0.39, 0.29) is 12.5 Å². The van der Waals surface area contributed by atoms with E-state index in [0.29, 0.717) is 17.7 Å². The van der Waals surface area contributed by atoms with E-state index in [1.54, 1.807) is 0 Å². The summed E-state index contributed by atoms with van der Waals surface area (Å²) in [6.07, 6.45) is 0. The van der Waals surface area contributed by atoms with Crippen LogP contribution in [-0.4, -0.2) is 22.2 Å². The first kappa shape index (κ1) is 15.8. The van der Waals surface area contributed by atoms with E-state index in [1.165, 1.54) is 5.56 Å². The van der Waals surface area contributed by atoms with Gasteiger partial charge in [-0.1, -0.05) is 54.6 Å². The molecule has 0 spiro atoms. The molecule has 1 heterocycles. The molecule has 0 bridgehead atoms. The van der Waals surface area contributed by atoms with Gasteiger partial charge in [0.15, 0.2) is 5.78 Å². The van der Waals surface area contributed by atoms with E-state index in [9.17, 15) is 4.79 Å². The quantitative estimate of drug-likeness (QED) is 0.484. The van der Waals surface area contributed by atoms with E-state index in [2.05, 4.69) is 17.4 Å². The van der Waals surface area contributed by atoms with Gasteiger partial charge in [-0.2, -0.15) is 5.10 Å². The fourth-order valence-electron chi connectivity index (χ4n) is 3.87. The minimum atomic E-state index is 0.0129. The van der Waals surface area contributed by atoms with Crippen LogP contribution in [0.5, 0.6) is 0 Å². The fourth-order valence-corrected chi connectivity index (χ4v) is 3.87. The van der Waals surface area contributed by atoms with Gasteiger partial charge in [0.2, 0.25) is 0 Å². The predicted octanol–water partition coefficient (Wildman–Crippen LogP) is 3.62. The molecule has 1 aliphatic rings. The van der Waals surface area contributed by atoms with Gasteiger partial charge in [0, 0.05) is 22.2 Å². The molecule has 1 aromatic heterocycles. The predicted molar refractivity (Wildman–Crippen MR) is 107 cm³/mol. The highest BCUT2D eigenvalue weighted by Gasteiger charge is 2.30. The lowest BCUT2D eigenvalue weighted by atomic mass is 9.86. The van der Waals surface area contributed by atoms with Gasteiger partial charge in [-0.15, -0.1) is 0 Å². The van der Waals surface area contributed by atoms with Crippen LogP contribution < -0.4 is 11.1 Å². The maximum atomic E-state index is 13.2. The highest BCUT2D eigenvalue weighted by atomic mass is 16.1. The van der Waals surface area contributed by atoms with Crippen LogP contribution in [0.1, 0.15) is 21.5 Å². The Kier molecular flexibility index (Phi) is 3.55. The highest BCUT2D eigenvalue weighted by molar-refractivity contribution is 6.27. The van der Waals surface area contributed by atoms with Gasteiger partial charge in [-0.3, -0.25) is 9.48 Å². The van der Waals surface area contributed by atoms with Crippen LogP contribution in [0.3, 0.4) is 0 Å². The number of aromatic nitrogens is 2. The molecule has 5 heteroatoms. The normalized spacial score (nSPS) is 12.3. The first-order chi connectivity index (χ1) is 13.3. The van der Waals surface area contributed by atoms with Gasteiger partial charge >= 0.3 is 0 Å². The molecule has 5 nitrogen and oxygen atoms in total. The van der Waals surface area contributed by atoms with Gasteiger partial charge in [-0.25, -0.2) is 0 Å². The average Bonchev–Trinajstić information content (AvgIpc) is 3.06. The molecule has 0 amide bonds. The topological polar surface area (TPSA) is 72.9 Å². The van der Waals surface area contributed by atoms with Gasteiger partial charge < -0.3 is 11.1 Å². The van der Waals surface area contributed by atoms with Gasteiger partial charge in [0.1, 0.15) is 5.69 Å². The van der Waals surface area contributed by atoms with Crippen LogP contribution in [0.2, 0.25) is 0 Å². The molecule has 27 heavy (non-hydrogen) atoms. The summed E-state index contributed by atoms with van der Waals surface area (Å²) in [7, 11) is 0. The van der Waals surface area contributed by atoms with Crippen LogP contribution in [0.25, 0.3) is 22.2 Å². The number of carbonyl (C=O) groups excluding carboxylic acids is 1. The second-order valence-corrected chi connectivity index (χ2v) is 6.63. The molecule has 0 unspecified atom stereocenters. The van der Waals surface area contributed by atoms with Crippen LogP contribution in [-0.2, 0) is 6.54 Å². The number of nitrogens with one attached hydrogen (secondary N) is 1. The Balaban J connectivity index is 1.76. The van der Waals surface area contributed by atoms with E-state index >= 15 is 0 Å². The summed E-state index contributed by atoms with van der Waals surface area (Å²) in [6, 6.07) is 21.8. The van der Waals surface area contributed by atoms with Crippen molar-refractivity contribution in [3.63, 3.8) is 0 Å². The van der Waals surface area contributed by atoms with Crippen molar-refractivity contribution in [1.29, 1.82) is 0 Å². The van der Waals surface area contributed by atoms with Crippen molar-refractivity contribution in [3.05, 3.63) is 83.4 Å².